The summed E-state index contributed by atoms with van der Waals surface area (Å²) in [5.74, 6) is 0. The molecule has 0 aromatic carbocycles. The van der Waals surface area contributed by atoms with Crippen molar-refractivity contribution in [2.45, 2.75) is 0 Å². The molecule has 0 amide bonds. The summed E-state index contributed by atoms with van der Waals surface area (Å²) < 4.78 is 39.7. The van der Waals surface area contributed by atoms with Gasteiger partial charge >= 0.3 is 29.4 Å². The predicted molar refractivity (Wildman–Crippen MR) is 12.2 cm³/mol. The molecule has 0 rings (SSSR count). The first-order valence-corrected chi connectivity index (χ1v) is 2.12. The van der Waals surface area contributed by atoms with Crippen LogP contribution in [0, 0.1) is 0 Å². The third kappa shape index (κ3) is 10.7. The fourth-order valence-corrected chi connectivity index (χ4v) is 0. The molecule has 0 fully saturated rings. The van der Waals surface area contributed by atoms with E-state index in [0.717, 1.165) is 0 Å². The standard InChI is InChI=1S/F2O3S.Li/c1-5-6(2,3)4;/q;+1. The summed E-state index contributed by atoms with van der Waals surface area (Å²) in [5.41, 5.74) is 0. The summed E-state index contributed by atoms with van der Waals surface area (Å²) in [4.78, 5) is 0. The van der Waals surface area contributed by atoms with Gasteiger partial charge < -0.3 is 0 Å². The topological polar surface area (TPSA) is 43.4 Å². The van der Waals surface area contributed by atoms with E-state index in [1.165, 1.54) is 0 Å². The van der Waals surface area contributed by atoms with Crippen LogP contribution in [0.25, 0.3) is 0 Å². The van der Waals surface area contributed by atoms with Crippen molar-refractivity contribution < 1.29 is 40.1 Å². The van der Waals surface area contributed by atoms with Crippen molar-refractivity contribution >= 4 is 10.5 Å². The van der Waals surface area contributed by atoms with Crippen LogP contribution in [0.3, 0.4) is 0 Å². The van der Waals surface area contributed by atoms with Crippen LogP contribution < -0.4 is 18.9 Å². The Hall–Kier alpha value is 0.367. The first kappa shape index (κ1) is 10.4. The van der Waals surface area contributed by atoms with Crippen molar-refractivity contribution in [1.29, 1.82) is 0 Å². The molecule has 0 aliphatic carbocycles. The summed E-state index contributed by atoms with van der Waals surface area (Å²) >= 11 is 0. The Bertz CT molecular complexity index is 115. The zero-order valence-corrected chi connectivity index (χ0v) is 4.21. The molecule has 0 N–H and O–H groups in total. The van der Waals surface area contributed by atoms with E-state index in [0.29, 0.717) is 0 Å². The minimum atomic E-state index is -5.33. The molecule has 0 atom stereocenters. The first-order valence-electron chi connectivity index (χ1n) is 0.809. The summed E-state index contributed by atoms with van der Waals surface area (Å²) in [6.45, 7) is 0. The second-order valence-electron chi connectivity index (χ2n) is 0.456. The van der Waals surface area contributed by atoms with Crippen LogP contribution in [-0.2, 0) is 14.9 Å². The van der Waals surface area contributed by atoms with E-state index in [-0.39, 0.29) is 18.9 Å². The quantitative estimate of drug-likeness (QED) is 0.279. The average Bonchev–Trinajstić information content (AvgIpc) is 1.35. The Labute approximate surface area is 51.1 Å². The van der Waals surface area contributed by atoms with E-state index in [4.69, 9.17) is 8.42 Å². The second-order valence-corrected chi connectivity index (χ2v) is 1.37. The Morgan fingerprint density at radius 1 is 1.43 bits per heavy atom. The van der Waals surface area contributed by atoms with Gasteiger partial charge in [0.1, 0.15) is 0 Å². The molecule has 0 saturated carbocycles. The molecule has 0 aliphatic rings. The smallest absolute Gasteiger partial charge is 0.162 e. The molecule has 38 valence electrons. The SMILES string of the molecule is O=S(=O)(F)OF.[Li+]. The maximum Gasteiger partial charge on any atom is 1.00 e. The largest absolute Gasteiger partial charge is 1.00 e. The molecule has 0 unspecified atom stereocenters. The van der Waals surface area contributed by atoms with Crippen molar-refractivity contribution in [1.82, 2.24) is 0 Å². The van der Waals surface area contributed by atoms with Crippen LogP contribution in [0.1, 0.15) is 0 Å². The molecule has 0 heterocycles. The normalized spacial score (nSPS) is 10.0. The van der Waals surface area contributed by atoms with Gasteiger partial charge in [-0.1, -0.05) is 3.89 Å². The summed E-state index contributed by atoms with van der Waals surface area (Å²) in [5, 5.41) is 0. The second kappa shape index (κ2) is 3.38. The van der Waals surface area contributed by atoms with Gasteiger partial charge in [0, 0.05) is 0 Å². The van der Waals surface area contributed by atoms with Crippen LogP contribution in [0.5, 0.6) is 0 Å². The van der Waals surface area contributed by atoms with Crippen LogP contribution in [-0.4, -0.2) is 8.42 Å². The van der Waals surface area contributed by atoms with Crippen molar-refractivity contribution in [3.05, 3.63) is 0 Å². The Morgan fingerprint density at radius 2 is 1.57 bits per heavy atom. The monoisotopic (exact) mass is 125 g/mol. The number of hydrogen-bond acceptors (Lipinski definition) is 3. The maximum absolute atomic E-state index is 10.5. The van der Waals surface area contributed by atoms with Crippen molar-refractivity contribution in [2.24, 2.45) is 0 Å². The van der Waals surface area contributed by atoms with Crippen LogP contribution in [0.4, 0.5) is 8.41 Å². The Balaban J connectivity index is 0. The molecule has 0 aromatic heterocycles. The van der Waals surface area contributed by atoms with E-state index in [2.05, 4.69) is 0 Å². The fourth-order valence-electron chi connectivity index (χ4n) is 0. The molecular weight excluding hydrogens is 125 g/mol. The third-order valence-electron chi connectivity index (χ3n) is 0.0752. The van der Waals surface area contributed by atoms with Crippen LogP contribution >= 0.6 is 0 Å². The van der Waals surface area contributed by atoms with E-state index in [1.54, 1.807) is 4.39 Å². The van der Waals surface area contributed by atoms with Crippen molar-refractivity contribution in [3.8, 4) is 0 Å². The van der Waals surface area contributed by atoms with Crippen molar-refractivity contribution in [2.75, 3.05) is 0 Å². The summed E-state index contributed by atoms with van der Waals surface area (Å²) in [7, 11) is -5.33. The minimum Gasteiger partial charge on any atom is -0.162 e. The van der Waals surface area contributed by atoms with E-state index in [9.17, 15) is 8.41 Å². The zero-order chi connectivity index (χ0) is 5.21. The summed E-state index contributed by atoms with van der Waals surface area (Å²) in [6, 6.07) is 0. The van der Waals surface area contributed by atoms with Crippen molar-refractivity contribution in [3.63, 3.8) is 0 Å². The first-order chi connectivity index (χ1) is 2.56. The molecule has 3 nitrogen and oxygen atoms in total. The third-order valence-corrected chi connectivity index (χ3v) is 0.226. The van der Waals surface area contributed by atoms with Gasteiger partial charge in [-0.2, -0.15) is 8.42 Å². The average molecular weight is 125 g/mol. The molecule has 0 aromatic rings. The predicted octanol–water partition coefficient (Wildman–Crippen LogP) is -2.89. The van der Waals surface area contributed by atoms with E-state index in [1.807, 2.05) is 0 Å². The maximum atomic E-state index is 10.5. The molecule has 7 heavy (non-hydrogen) atoms. The molecule has 0 spiro atoms. The van der Waals surface area contributed by atoms with E-state index >= 15 is 0 Å². The van der Waals surface area contributed by atoms with Gasteiger partial charge in [0.2, 0.25) is 0 Å². The van der Waals surface area contributed by atoms with Gasteiger partial charge in [-0.05, 0) is 8.91 Å². The molecule has 0 radical (unpaired) electrons. The van der Waals surface area contributed by atoms with Gasteiger partial charge in [-0.3, -0.25) is 0 Å². The van der Waals surface area contributed by atoms with Gasteiger partial charge in [0.25, 0.3) is 0 Å². The van der Waals surface area contributed by atoms with Gasteiger partial charge in [0.15, 0.2) is 0 Å². The van der Waals surface area contributed by atoms with E-state index < -0.39 is 10.5 Å². The fraction of sp³-hybridized carbons (Fsp3) is 0. The number of halogens is 2. The van der Waals surface area contributed by atoms with Crippen LogP contribution in [0.15, 0.2) is 0 Å². The Morgan fingerprint density at radius 3 is 1.57 bits per heavy atom. The summed E-state index contributed by atoms with van der Waals surface area (Å²) in [6.07, 6.45) is 0. The number of rotatable bonds is 1. The molecule has 7 heteroatoms. The Kier molecular flexibility index (Phi) is 5.01. The molecule has 0 saturated heterocycles. The molecule has 0 aliphatic heterocycles. The molecular formula is F2LiO3S+. The molecule has 0 bridgehead atoms. The van der Waals surface area contributed by atoms with Gasteiger partial charge in [-0.15, -0.1) is 0 Å². The van der Waals surface area contributed by atoms with Crippen LogP contribution in [0.2, 0.25) is 0 Å². The van der Waals surface area contributed by atoms with Gasteiger partial charge in [0.05, 0.1) is 0 Å². The minimum absolute atomic E-state index is 0. The zero-order valence-electron chi connectivity index (χ0n) is 3.39. The number of hydrogen-bond donors (Lipinski definition) is 0. The van der Waals surface area contributed by atoms with Gasteiger partial charge in [-0.25, -0.2) is 0 Å².